The molecule has 0 spiro atoms. The van der Waals surface area contributed by atoms with E-state index in [1.165, 1.54) is 23.4 Å². The van der Waals surface area contributed by atoms with Crippen molar-refractivity contribution in [1.29, 1.82) is 0 Å². The fourth-order valence-electron chi connectivity index (χ4n) is 1.72. The summed E-state index contributed by atoms with van der Waals surface area (Å²) in [5.74, 6) is -0.244. The van der Waals surface area contributed by atoms with E-state index in [-0.39, 0.29) is 17.5 Å². The van der Waals surface area contributed by atoms with Crippen LogP contribution in [0.15, 0.2) is 47.4 Å². The molecule has 4 heteroatoms. The highest BCUT2D eigenvalue weighted by molar-refractivity contribution is 8.00. The van der Waals surface area contributed by atoms with Gasteiger partial charge in [-0.15, -0.1) is 11.8 Å². The minimum absolute atomic E-state index is 0.137. The summed E-state index contributed by atoms with van der Waals surface area (Å²) in [6.45, 7) is 4.02. The number of hydrogen-bond donors (Lipinski definition) is 1. The average molecular weight is 289 g/mol. The number of benzene rings is 2. The van der Waals surface area contributed by atoms with E-state index in [1.54, 1.807) is 18.2 Å². The number of halogens is 1. The Hall–Kier alpha value is -1.81. The van der Waals surface area contributed by atoms with Crippen molar-refractivity contribution in [3.05, 3.63) is 59.4 Å². The van der Waals surface area contributed by atoms with Crippen molar-refractivity contribution >= 4 is 23.4 Å². The largest absolute Gasteiger partial charge is 0.325 e. The van der Waals surface area contributed by atoms with Gasteiger partial charge in [0.2, 0.25) is 5.91 Å². The number of hydrogen-bond acceptors (Lipinski definition) is 2. The molecule has 2 nitrogen and oxygen atoms in total. The third-order valence-electron chi connectivity index (χ3n) is 2.99. The molecule has 2 rings (SSSR count). The zero-order chi connectivity index (χ0) is 14.5. The normalized spacial score (nSPS) is 10.3. The topological polar surface area (TPSA) is 29.1 Å². The fourth-order valence-corrected chi connectivity index (χ4v) is 2.46. The van der Waals surface area contributed by atoms with Crippen molar-refractivity contribution in [2.75, 3.05) is 11.1 Å². The van der Waals surface area contributed by atoms with Crippen molar-refractivity contribution in [2.45, 2.75) is 18.7 Å². The predicted molar refractivity (Wildman–Crippen MR) is 81.7 cm³/mol. The first-order valence-electron chi connectivity index (χ1n) is 6.30. The lowest BCUT2D eigenvalue weighted by atomic mass is 10.1. The van der Waals surface area contributed by atoms with Crippen LogP contribution >= 0.6 is 11.8 Å². The number of amides is 1. The van der Waals surface area contributed by atoms with Crippen LogP contribution in [0.4, 0.5) is 10.1 Å². The number of carbonyl (C=O) groups is 1. The molecule has 2 aromatic rings. The second-order valence-electron chi connectivity index (χ2n) is 4.57. The Morgan fingerprint density at radius 3 is 2.60 bits per heavy atom. The smallest absolute Gasteiger partial charge is 0.234 e. The van der Waals surface area contributed by atoms with E-state index >= 15 is 0 Å². The molecule has 0 bridgehead atoms. The van der Waals surface area contributed by atoms with E-state index in [4.69, 9.17) is 0 Å². The second-order valence-corrected chi connectivity index (χ2v) is 5.58. The molecule has 104 valence electrons. The molecule has 0 aliphatic heterocycles. The molecule has 0 saturated carbocycles. The van der Waals surface area contributed by atoms with Gasteiger partial charge in [0.15, 0.2) is 0 Å². The highest BCUT2D eigenvalue weighted by Crippen LogP contribution is 2.21. The van der Waals surface area contributed by atoms with Crippen LogP contribution in [0, 0.1) is 19.7 Å². The van der Waals surface area contributed by atoms with Gasteiger partial charge in [0, 0.05) is 10.6 Å². The Morgan fingerprint density at radius 1 is 1.15 bits per heavy atom. The van der Waals surface area contributed by atoms with Crippen LogP contribution in [0.2, 0.25) is 0 Å². The average Bonchev–Trinajstić information content (AvgIpc) is 2.42. The zero-order valence-electron chi connectivity index (χ0n) is 11.4. The lowest BCUT2D eigenvalue weighted by molar-refractivity contribution is -0.113. The summed E-state index contributed by atoms with van der Waals surface area (Å²) in [5.41, 5.74) is 3.08. The summed E-state index contributed by atoms with van der Waals surface area (Å²) in [4.78, 5) is 12.3. The zero-order valence-corrected chi connectivity index (χ0v) is 12.3. The van der Waals surface area contributed by atoms with Gasteiger partial charge < -0.3 is 5.32 Å². The molecule has 0 aromatic heterocycles. The van der Waals surface area contributed by atoms with Crippen LogP contribution in [-0.4, -0.2) is 11.7 Å². The first kappa shape index (κ1) is 14.6. The third kappa shape index (κ3) is 3.84. The van der Waals surface area contributed by atoms with Crippen molar-refractivity contribution in [3.8, 4) is 0 Å². The summed E-state index contributed by atoms with van der Waals surface area (Å²) in [6, 6.07) is 12.2. The molecule has 0 atom stereocenters. The fraction of sp³-hybridized carbons (Fsp3) is 0.188. The molecule has 0 heterocycles. The van der Waals surface area contributed by atoms with Gasteiger partial charge in [-0.2, -0.15) is 0 Å². The molecule has 0 radical (unpaired) electrons. The number of carbonyl (C=O) groups excluding carboxylic acids is 1. The van der Waals surface area contributed by atoms with Crippen LogP contribution in [0.1, 0.15) is 11.1 Å². The standard InChI is InChI=1S/C16H16FNOS/c1-11-7-8-13(9-12(11)2)18-16(19)10-20-15-6-4-3-5-14(15)17/h3-9H,10H2,1-2H3,(H,18,19). The highest BCUT2D eigenvalue weighted by Gasteiger charge is 2.07. The molecule has 0 unspecified atom stereocenters. The highest BCUT2D eigenvalue weighted by atomic mass is 32.2. The SMILES string of the molecule is Cc1ccc(NC(=O)CSc2ccccc2F)cc1C. The molecule has 0 fully saturated rings. The lowest BCUT2D eigenvalue weighted by Crippen LogP contribution is -2.14. The maximum atomic E-state index is 13.4. The van der Waals surface area contributed by atoms with Crippen LogP contribution in [0.25, 0.3) is 0 Å². The molecule has 1 amide bonds. The van der Waals surface area contributed by atoms with Crippen LogP contribution in [0.3, 0.4) is 0 Å². The molecule has 20 heavy (non-hydrogen) atoms. The van der Waals surface area contributed by atoms with E-state index in [1.807, 2.05) is 32.0 Å². The third-order valence-corrected chi connectivity index (χ3v) is 4.03. The van der Waals surface area contributed by atoms with Gasteiger partial charge >= 0.3 is 0 Å². The van der Waals surface area contributed by atoms with Crippen molar-refractivity contribution in [1.82, 2.24) is 0 Å². The Labute approximate surface area is 122 Å². The molecule has 1 N–H and O–H groups in total. The number of rotatable bonds is 4. The van der Waals surface area contributed by atoms with E-state index in [0.717, 1.165) is 11.3 Å². The summed E-state index contributed by atoms with van der Waals surface area (Å²) in [5, 5.41) is 2.82. The van der Waals surface area contributed by atoms with Crippen molar-refractivity contribution in [3.63, 3.8) is 0 Å². The van der Waals surface area contributed by atoms with E-state index in [9.17, 15) is 9.18 Å². The maximum Gasteiger partial charge on any atom is 0.234 e. The number of anilines is 1. The van der Waals surface area contributed by atoms with Gasteiger partial charge in [0.1, 0.15) is 5.82 Å². The van der Waals surface area contributed by atoms with Gasteiger partial charge in [-0.25, -0.2) is 4.39 Å². The lowest BCUT2D eigenvalue weighted by Gasteiger charge is -2.08. The minimum Gasteiger partial charge on any atom is -0.325 e. The Morgan fingerprint density at radius 2 is 1.90 bits per heavy atom. The van der Waals surface area contributed by atoms with Gasteiger partial charge in [-0.3, -0.25) is 4.79 Å². The van der Waals surface area contributed by atoms with Gasteiger partial charge in [0.05, 0.1) is 5.75 Å². The molecular formula is C16H16FNOS. The van der Waals surface area contributed by atoms with Crippen LogP contribution < -0.4 is 5.32 Å². The van der Waals surface area contributed by atoms with Crippen molar-refractivity contribution < 1.29 is 9.18 Å². The van der Waals surface area contributed by atoms with Gasteiger partial charge in [-0.05, 0) is 49.2 Å². The summed E-state index contributed by atoms with van der Waals surface area (Å²) >= 11 is 1.19. The maximum absolute atomic E-state index is 13.4. The molecule has 0 saturated heterocycles. The van der Waals surface area contributed by atoms with Gasteiger partial charge in [-0.1, -0.05) is 18.2 Å². The minimum atomic E-state index is -0.295. The monoisotopic (exact) mass is 289 g/mol. The first-order chi connectivity index (χ1) is 9.56. The van der Waals surface area contributed by atoms with E-state index in [0.29, 0.717) is 4.90 Å². The predicted octanol–water partition coefficient (Wildman–Crippen LogP) is 4.17. The molecule has 2 aromatic carbocycles. The Kier molecular flexibility index (Phi) is 4.79. The van der Waals surface area contributed by atoms with Crippen LogP contribution in [-0.2, 0) is 4.79 Å². The van der Waals surface area contributed by atoms with Gasteiger partial charge in [0.25, 0.3) is 0 Å². The Balaban J connectivity index is 1.93. The summed E-state index contributed by atoms with van der Waals surface area (Å²) in [6.07, 6.45) is 0. The van der Waals surface area contributed by atoms with Crippen LogP contribution in [0.5, 0.6) is 0 Å². The number of nitrogens with one attached hydrogen (secondary N) is 1. The second kappa shape index (κ2) is 6.57. The van der Waals surface area contributed by atoms with E-state index < -0.39 is 0 Å². The van der Waals surface area contributed by atoms with Crippen molar-refractivity contribution in [2.24, 2.45) is 0 Å². The molecule has 0 aliphatic rings. The number of thioether (sulfide) groups is 1. The number of aryl methyl sites for hydroxylation is 2. The van der Waals surface area contributed by atoms with E-state index in [2.05, 4.69) is 5.32 Å². The summed E-state index contributed by atoms with van der Waals surface area (Å²) in [7, 11) is 0. The quantitative estimate of drug-likeness (QED) is 0.856. The molecule has 0 aliphatic carbocycles. The first-order valence-corrected chi connectivity index (χ1v) is 7.29. The Bertz CT molecular complexity index is 628. The molecular weight excluding hydrogens is 273 g/mol. The summed E-state index contributed by atoms with van der Waals surface area (Å²) < 4.78 is 13.4.